The van der Waals surface area contributed by atoms with Crippen molar-refractivity contribution in [3.05, 3.63) is 11.4 Å². The van der Waals surface area contributed by atoms with Crippen molar-refractivity contribution in [1.29, 1.82) is 0 Å². The van der Waals surface area contributed by atoms with Gasteiger partial charge in [-0.15, -0.1) is 5.10 Å². The summed E-state index contributed by atoms with van der Waals surface area (Å²) in [6.07, 6.45) is 7.71. The van der Waals surface area contributed by atoms with E-state index in [1.54, 1.807) is 0 Å². The van der Waals surface area contributed by atoms with Crippen molar-refractivity contribution in [3.63, 3.8) is 0 Å². The van der Waals surface area contributed by atoms with Gasteiger partial charge in [-0.3, -0.25) is 0 Å². The summed E-state index contributed by atoms with van der Waals surface area (Å²) in [5, 5.41) is 8.50. The Kier molecular flexibility index (Phi) is 4.75. The minimum atomic E-state index is 0.511. The Morgan fingerprint density at radius 3 is 2.72 bits per heavy atom. The van der Waals surface area contributed by atoms with Crippen LogP contribution in [0.2, 0.25) is 0 Å². The van der Waals surface area contributed by atoms with Crippen LogP contribution in [0.4, 0.5) is 0 Å². The predicted octanol–water partition coefficient (Wildman–Crippen LogP) is 2.52. The third-order valence-electron chi connectivity index (χ3n) is 4.04. The van der Waals surface area contributed by atoms with Crippen LogP contribution in [0.15, 0.2) is 0 Å². The first-order valence-electron chi connectivity index (χ1n) is 7.32. The first-order valence-corrected chi connectivity index (χ1v) is 7.32. The van der Waals surface area contributed by atoms with Crippen molar-refractivity contribution in [2.24, 2.45) is 17.6 Å². The molecule has 1 aliphatic rings. The van der Waals surface area contributed by atoms with Gasteiger partial charge in [0, 0.05) is 13.1 Å². The fourth-order valence-electron chi connectivity index (χ4n) is 2.49. The average molecular weight is 250 g/mol. The molecule has 1 saturated carbocycles. The molecule has 0 spiro atoms. The van der Waals surface area contributed by atoms with E-state index in [1.165, 1.54) is 37.8 Å². The van der Waals surface area contributed by atoms with Gasteiger partial charge in [0.15, 0.2) is 0 Å². The summed E-state index contributed by atoms with van der Waals surface area (Å²) in [5.41, 5.74) is 8.01. The summed E-state index contributed by atoms with van der Waals surface area (Å²) < 4.78 is 2.10. The summed E-state index contributed by atoms with van der Waals surface area (Å²) in [6.45, 7) is 6.04. The van der Waals surface area contributed by atoms with E-state index in [4.69, 9.17) is 5.73 Å². The van der Waals surface area contributed by atoms with Crippen LogP contribution in [0.1, 0.15) is 57.3 Å². The van der Waals surface area contributed by atoms with Crippen molar-refractivity contribution < 1.29 is 0 Å². The van der Waals surface area contributed by atoms with Crippen LogP contribution >= 0.6 is 0 Å². The molecule has 1 aromatic heterocycles. The first-order chi connectivity index (χ1) is 8.70. The monoisotopic (exact) mass is 250 g/mol. The Hall–Kier alpha value is -0.900. The highest BCUT2D eigenvalue weighted by Crippen LogP contribution is 2.29. The fraction of sp³-hybridized carbons (Fsp3) is 0.857. The number of nitrogens with two attached hydrogens (primary N) is 1. The van der Waals surface area contributed by atoms with Gasteiger partial charge >= 0.3 is 0 Å². The second kappa shape index (κ2) is 6.32. The Balaban J connectivity index is 1.96. The number of nitrogens with zero attached hydrogens (tertiary/aromatic N) is 3. The van der Waals surface area contributed by atoms with Crippen LogP contribution in [-0.2, 0) is 19.5 Å². The van der Waals surface area contributed by atoms with E-state index in [0.29, 0.717) is 12.5 Å². The molecule has 1 fully saturated rings. The average Bonchev–Trinajstić information content (AvgIpc) is 2.66. The van der Waals surface area contributed by atoms with E-state index in [0.717, 1.165) is 24.6 Å². The van der Waals surface area contributed by atoms with Gasteiger partial charge in [-0.2, -0.15) is 0 Å². The van der Waals surface area contributed by atoms with Gasteiger partial charge < -0.3 is 5.73 Å². The largest absolute Gasteiger partial charge is 0.325 e. The van der Waals surface area contributed by atoms with Gasteiger partial charge in [0.25, 0.3) is 0 Å². The summed E-state index contributed by atoms with van der Waals surface area (Å²) in [6, 6.07) is 0. The van der Waals surface area contributed by atoms with Crippen LogP contribution in [0.5, 0.6) is 0 Å². The zero-order valence-electron chi connectivity index (χ0n) is 11.7. The second-order valence-electron chi connectivity index (χ2n) is 5.93. The molecule has 2 rings (SSSR count). The van der Waals surface area contributed by atoms with Crippen LogP contribution in [0, 0.1) is 11.8 Å². The molecule has 0 aliphatic heterocycles. The van der Waals surface area contributed by atoms with Gasteiger partial charge in [0.1, 0.15) is 0 Å². The molecule has 1 heterocycles. The van der Waals surface area contributed by atoms with E-state index in [2.05, 4.69) is 28.8 Å². The lowest BCUT2D eigenvalue weighted by atomic mass is 9.83. The zero-order valence-corrected chi connectivity index (χ0v) is 11.7. The number of hydrogen-bond acceptors (Lipinski definition) is 3. The Bertz CT molecular complexity index is 366. The highest BCUT2D eigenvalue weighted by molar-refractivity contribution is 5.10. The fourth-order valence-corrected chi connectivity index (χ4v) is 2.49. The molecule has 4 nitrogen and oxygen atoms in total. The van der Waals surface area contributed by atoms with E-state index in [9.17, 15) is 0 Å². The lowest BCUT2D eigenvalue weighted by molar-refractivity contribution is 0.275. The molecule has 1 aromatic rings. The second-order valence-corrected chi connectivity index (χ2v) is 5.93. The molecule has 18 heavy (non-hydrogen) atoms. The molecule has 0 unspecified atom stereocenters. The Morgan fingerprint density at radius 2 is 2.17 bits per heavy atom. The van der Waals surface area contributed by atoms with E-state index in [1.807, 2.05) is 0 Å². The third kappa shape index (κ3) is 3.31. The highest BCUT2D eigenvalue weighted by Gasteiger charge is 2.19. The van der Waals surface area contributed by atoms with Crippen LogP contribution in [0.25, 0.3) is 0 Å². The third-order valence-corrected chi connectivity index (χ3v) is 4.04. The molecule has 2 N–H and O–H groups in total. The first kappa shape index (κ1) is 13.5. The van der Waals surface area contributed by atoms with Crippen LogP contribution in [0.3, 0.4) is 0 Å². The standard InChI is InChI=1S/C14H26N4/c1-11(2)6-7-14-13(10-15)16-17-18(14)9-8-12-4-3-5-12/h11-12H,3-10,15H2,1-2H3. The molecule has 102 valence electrons. The molecular formula is C14H26N4. The lowest BCUT2D eigenvalue weighted by Crippen LogP contribution is -2.16. The van der Waals surface area contributed by atoms with E-state index >= 15 is 0 Å². The van der Waals surface area contributed by atoms with Gasteiger partial charge in [0.2, 0.25) is 0 Å². The van der Waals surface area contributed by atoms with Crippen molar-refractivity contribution in [3.8, 4) is 0 Å². The maximum atomic E-state index is 5.75. The smallest absolute Gasteiger partial charge is 0.0994 e. The maximum Gasteiger partial charge on any atom is 0.0994 e. The highest BCUT2D eigenvalue weighted by atomic mass is 15.4. The van der Waals surface area contributed by atoms with Gasteiger partial charge in [-0.25, -0.2) is 4.68 Å². The minimum absolute atomic E-state index is 0.511. The molecule has 4 heteroatoms. The van der Waals surface area contributed by atoms with Crippen molar-refractivity contribution in [2.75, 3.05) is 0 Å². The molecular weight excluding hydrogens is 224 g/mol. The number of aryl methyl sites for hydroxylation is 1. The number of aromatic nitrogens is 3. The number of hydrogen-bond donors (Lipinski definition) is 1. The van der Waals surface area contributed by atoms with Crippen LogP contribution < -0.4 is 5.73 Å². The molecule has 0 atom stereocenters. The van der Waals surface area contributed by atoms with Crippen LogP contribution in [-0.4, -0.2) is 15.0 Å². The van der Waals surface area contributed by atoms with Crippen molar-refractivity contribution in [1.82, 2.24) is 15.0 Å². The van der Waals surface area contributed by atoms with E-state index in [-0.39, 0.29) is 0 Å². The Morgan fingerprint density at radius 1 is 1.39 bits per heavy atom. The molecule has 0 bridgehead atoms. The molecule has 0 amide bonds. The van der Waals surface area contributed by atoms with Crippen molar-refractivity contribution >= 4 is 0 Å². The van der Waals surface area contributed by atoms with Crippen molar-refractivity contribution in [2.45, 2.75) is 65.5 Å². The predicted molar refractivity (Wildman–Crippen MR) is 73.0 cm³/mol. The topological polar surface area (TPSA) is 56.7 Å². The van der Waals surface area contributed by atoms with Gasteiger partial charge in [-0.05, 0) is 31.1 Å². The molecule has 1 aliphatic carbocycles. The summed E-state index contributed by atoms with van der Waals surface area (Å²) in [5.74, 6) is 1.64. The molecule has 0 aromatic carbocycles. The maximum absolute atomic E-state index is 5.75. The van der Waals surface area contributed by atoms with E-state index < -0.39 is 0 Å². The van der Waals surface area contributed by atoms with Gasteiger partial charge in [0.05, 0.1) is 11.4 Å². The normalized spacial score (nSPS) is 16.2. The number of rotatable bonds is 7. The molecule has 0 saturated heterocycles. The summed E-state index contributed by atoms with van der Waals surface area (Å²) >= 11 is 0. The summed E-state index contributed by atoms with van der Waals surface area (Å²) in [4.78, 5) is 0. The summed E-state index contributed by atoms with van der Waals surface area (Å²) in [7, 11) is 0. The quantitative estimate of drug-likeness (QED) is 0.809. The SMILES string of the molecule is CC(C)CCc1c(CN)nnn1CCC1CCC1. The zero-order chi connectivity index (χ0) is 13.0. The molecule has 0 radical (unpaired) electrons. The van der Waals surface area contributed by atoms with Gasteiger partial charge in [-0.1, -0.05) is 38.3 Å². The Labute approximate surface area is 110 Å². The lowest BCUT2D eigenvalue weighted by Gasteiger charge is -2.25. The minimum Gasteiger partial charge on any atom is -0.325 e.